The second-order valence-corrected chi connectivity index (χ2v) is 5.20. The molecule has 0 spiro atoms. The second-order valence-electron chi connectivity index (χ2n) is 3.04. The van der Waals surface area contributed by atoms with E-state index in [0.717, 1.165) is 29.3 Å². The molecule has 0 atom stereocenters. The van der Waals surface area contributed by atoms with E-state index in [-0.39, 0.29) is 20.7 Å². The lowest BCUT2D eigenvalue weighted by molar-refractivity contribution is 0.512. The van der Waals surface area contributed by atoms with Gasteiger partial charge >= 0.3 is 0 Å². The Bertz CT molecular complexity index is 426. The lowest BCUT2D eigenvalue weighted by Gasteiger charge is -1.96. The van der Waals surface area contributed by atoms with Gasteiger partial charge in [0.25, 0.3) is 0 Å². The zero-order valence-corrected chi connectivity index (χ0v) is 10.4. The molecule has 0 radical (unpaired) electrons. The van der Waals surface area contributed by atoms with Gasteiger partial charge in [-0.05, 0) is 33.6 Å². The number of oxazole rings is 1. The van der Waals surface area contributed by atoms with Crippen LogP contribution in [0.2, 0.25) is 0 Å². The third-order valence-corrected chi connectivity index (χ3v) is 3.65. The smallest absolute Gasteiger partial charge is 0.226 e. The van der Waals surface area contributed by atoms with Crippen molar-refractivity contribution < 1.29 is 4.42 Å². The third kappa shape index (κ3) is 1.87. The van der Waals surface area contributed by atoms with E-state index < -0.39 is 0 Å². The number of aromatic nitrogens is 1. The van der Waals surface area contributed by atoms with Crippen molar-refractivity contribution in [3.63, 3.8) is 0 Å². The SMILES string of the molecule is CCc1nc(C2=CC=IC=C2)oc1C. The summed E-state index contributed by atoms with van der Waals surface area (Å²) in [4.78, 5) is 4.46. The Labute approximate surface area is 93.5 Å². The summed E-state index contributed by atoms with van der Waals surface area (Å²) in [5.41, 5.74) is 2.16. The van der Waals surface area contributed by atoms with Gasteiger partial charge in [-0.25, -0.2) is 4.98 Å². The van der Waals surface area contributed by atoms with E-state index in [4.69, 9.17) is 4.42 Å². The van der Waals surface area contributed by atoms with E-state index in [9.17, 15) is 0 Å². The molecule has 14 heavy (non-hydrogen) atoms. The number of nitrogens with zero attached hydrogens (tertiary/aromatic N) is 1. The number of aryl methyl sites for hydroxylation is 2. The molecule has 0 fully saturated rings. The number of hydrogen-bond acceptors (Lipinski definition) is 2. The molecular weight excluding hydrogens is 289 g/mol. The monoisotopic (exact) mass is 301 g/mol. The van der Waals surface area contributed by atoms with Crippen molar-refractivity contribution in [1.82, 2.24) is 4.98 Å². The van der Waals surface area contributed by atoms with Crippen molar-refractivity contribution in [1.29, 1.82) is 0 Å². The first-order valence-corrected chi connectivity index (χ1v) is 7.09. The maximum absolute atomic E-state index is 5.61. The van der Waals surface area contributed by atoms with Gasteiger partial charge in [0, 0.05) is 5.57 Å². The predicted octanol–water partition coefficient (Wildman–Crippen LogP) is 3.23. The first kappa shape index (κ1) is 9.83. The summed E-state index contributed by atoms with van der Waals surface area (Å²) in [6, 6.07) is 0. The summed E-state index contributed by atoms with van der Waals surface area (Å²) in [6.45, 7) is 4.07. The summed E-state index contributed by atoms with van der Waals surface area (Å²) in [7, 11) is 0. The summed E-state index contributed by atoms with van der Waals surface area (Å²) in [6.07, 6.45) is 5.15. The van der Waals surface area contributed by atoms with Crippen LogP contribution in [0.3, 0.4) is 0 Å². The van der Waals surface area contributed by atoms with Crippen LogP contribution in [0.4, 0.5) is 0 Å². The van der Waals surface area contributed by atoms with Gasteiger partial charge in [0.2, 0.25) is 5.89 Å². The molecule has 1 aromatic rings. The highest BCUT2D eigenvalue weighted by Crippen LogP contribution is 2.22. The maximum Gasteiger partial charge on any atom is 0.226 e. The predicted molar refractivity (Wildman–Crippen MR) is 67.8 cm³/mol. The van der Waals surface area contributed by atoms with Gasteiger partial charge in [-0.2, -0.15) is 0 Å². The van der Waals surface area contributed by atoms with Crippen LogP contribution in [0, 0.1) is 6.92 Å². The van der Waals surface area contributed by atoms with E-state index in [1.807, 2.05) is 6.92 Å². The van der Waals surface area contributed by atoms with E-state index in [1.54, 1.807) is 0 Å². The molecule has 0 N–H and O–H groups in total. The Kier molecular flexibility index (Phi) is 2.96. The van der Waals surface area contributed by atoms with Gasteiger partial charge < -0.3 is 4.42 Å². The molecule has 3 heteroatoms. The van der Waals surface area contributed by atoms with Gasteiger partial charge in [-0.1, -0.05) is 27.7 Å². The highest BCUT2D eigenvalue weighted by Gasteiger charge is 2.10. The summed E-state index contributed by atoms with van der Waals surface area (Å²) in [5, 5.41) is 0. The Hall–Kier alpha value is -0.710. The molecule has 1 aromatic heterocycles. The topological polar surface area (TPSA) is 26.0 Å². The lowest BCUT2D eigenvalue weighted by atomic mass is 10.2. The quantitative estimate of drug-likeness (QED) is 0.784. The fraction of sp³-hybridized carbons (Fsp3) is 0.273. The van der Waals surface area contributed by atoms with Crippen LogP contribution in [-0.2, 0) is 6.42 Å². The van der Waals surface area contributed by atoms with Crippen LogP contribution in [0.25, 0.3) is 5.57 Å². The van der Waals surface area contributed by atoms with Crippen molar-refractivity contribution in [2.24, 2.45) is 0 Å². The first-order valence-electron chi connectivity index (χ1n) is 4.60. The van der Waals surface area contributed by atoms with Crippen molar-refractivity contribution in [3.05, 3.63) is 33.6 Å². The van der Waals surface area contributed by atoms with E-state index in [0.29, 0.717) is 0 Å². The molecule has 0 unspecified atom stereocenters. The van der Waals surface area contributed by atoms with E-state index in [2.05, 4.69) is 32.2 Å². The highest BCUT2D eigenvalue weighted by atomic mass is 127. The number of halogens is 1. The molecular formula is C11H12INO. The third-order valence-electron chi connectivity index (χ3n) is 2.11. The Balaban J connectivity index is 2.37. The van der Waals surface area contributed by atoms with Crippen LogP contribution in [0.5, 0.6) is 0 Å². The van der Waals surface area contributed by atoms with E-state index >= 15 is 0 Å². The zero-order chi connectivity index (χ0) is 9.97. The molecule has 0 aliphatic carbocycles. The lowest BCUT2D eigenvalue weighted by Crippen LogP contribution is -1.85. The van der Waals surface area contributed by atoms with Crippen molar-refractivity contribution in [3.8, 4) is 0 Å². The van der Waals surface area contributed by atoms with Crippen molar-refractivity contribution in [2.75, 3.05) is 0 Å². The summed E-state index contributed by atoms with van der Waals surface area (Å²) >= 11 is 0.139. The zero-order valence-electron chi connectivity index (χ0n) is 8.25. The van der Waals surface area contributed by atoms with Crippen LogP contribution in [0.15, 0.2) is 20.7 Å². The van der Waals surface area contributed by atoms with Gasteiger partial charge in [0.1, 0.15) is 5.76 Å². The Morgan fingerprint density at radius 2 is 2.36 bits per heavy atom. The average molecular weight is 301 g/mol. The maximum atomic E-state index is 5.61. The Morgan fingerprint density at radius 3 is 2.93 bits per heavy atom. The Morgan fingerprint density at radius 1 is 1.50 bits per heavy atom. The summed E-state index contributed by atoms with van der Waals surface area (Å²) in [5.74, 6) is 1.70. The molecule has 2 nitrogen and oxygen atoms in total. The van der Waals surface area contributed by atoms with Crippen molar-refractivity contribution in [2.45, 2.75) is 20.3 Å². The molecule has 1 aliphatic rings. The fourth-order valence-corrected chi connectivity index (χ4v) is 2.76. The van der Waals surface area contributed by atoms with Gasteiger partial charge in [-0.15, -0.1) is 0 Å². The summed E-state index contributed by atoms with van der Waals surface area (Å²) < 4.78 is 10.0. The van der Waals surface area contributed by atoms with Gasteiger partial charge in [0.15, 0.2) is 0 Å². The average Bonchev–Trinajstić information content (AvgIpc) is 2.61. The number of hydrogen-bond donors (Lipinski definition) is 0. The van der Waals surface area contributed by atoms with Gasteiger partial charge in [0.05, 0.1) is 5.69 Å². The largest absolute Gasteiger partial charge is 0.441 e. The second kappa shape index (κ2) is 4.21. The standard InChI is InChI=1S/C11H12INO/c1-3-10-8(2)14-11(13-10)9-4-6-12-7-5-9/h4-7H,3H2,1-2H3. The van der Waals surface area contributed by atoms with Crippen LogP contribution in [-0.4, -0.2) is 9.00 Å². The number of rotatable bonds is 2. The number of allylic oxidation sites excluding steroid dienone is 3. The molecule has 2 heterocycles. The molecule has 74 valence electrons. The molecule has 2 rings (SSSR count). The van der Waals surface area contributed by atoms with E-state index in [1.165, 1.54) is 0 Å². The van der Waals surface area contributed by atoms with Crippen LogP contribution >= 0.6 is 20.7 Å². The van der Waals surface area contributed by atoms with Crippen molar-refractivity contribution >= 4 is 30.3 Å². The van der Waals surface area contributed by atoms with Crippen LogP contribution in [0.1, 0.15) is 24.3 Å². The molecule has 0 bridgehead atoms. The minimum Gasteiger partial charge on any atom is -0.441 e. The minimum atomic E-state index is 0.139. The highest BCUT2D eigenvalue weighted by molar-refractivity contribution is 14.2. The molecule has 0 amide bonds. The molecule has 0 saturated carbocycles. The molecule has 0 saturated heterocycles. The normalized spacial score (nSPS) is 15.1. The minimum absolute atomic E-state index is 0.139. The fourth-order valence-electron chi connectivity index (χ4n) is 1.33. The first-order chi connectivity index (χ1) is 6.81. The van der Waals surface area contributed by atoms with Crippen LogP contribution < -0.4 is 0 Å². The van der Waals surface area contributed by atoms with Gasteiger partial charge in [-0.3, -0.25) is 0 Å². The molecule has 0 aromatic carbocycles. The molecule has 1 aliphatic heterocycles.